The molecule has 2 nitrogen and oxygen atoms in total. The zero-order valence-electron chi connectivity index (χ0n) is 10.5. The Morgan fingerprint density at radius 1 is 1.44 bits per heavy atom. The Bertz CT molecular complexity index is 422. The van der Waals surface area contributed by atoms with E-state index in [1.807, 2.05) is 6.92 Å². The Labute approximate surface area is 106 Å². The van der Waals surface area contributed by atoms with E-state index < -0.39 is 17.2 Å². The van der Waals surface area contributed by atoms with E-state index in [0.717, 1.165) is 12.5 Å². The number of hydrogen-bond donors (Lipinski definition) is 1. The summed E-state index contributed by atoms with van der Waals surface area (Å²) in [5, 5.41) is 9.19. The summed E-state index contributed by atoms with van der Waals surface area (Å²) in [5.74, 6) is -1.12. The summed E-state index contributed by atoms with van der Waals surface area (Å²) in [6, 6.07) is 3.61. The highest BCUT2D eigenvalue weighted by Crippen LogP contribution is 2.43. The first-order valence-electron chi connectivity index (χ1n) is 6.31. The molecule has 4 heteroatoms. The summed E-state index contributed by atoms with van der Waals surface area (Å²) >= 11 is 0. The minimum Gasteiger partial charge on any atom is -0.396 e. The first-order valence-corrected chi connectivity index (χ1v) is 6.31. The van der Waals surface area contributed by atoms with Crippen molar-refractivity contribution in [3.63, 3.8) is 0 Å². The minimum absolute atomic E-state index is 0.0287. The van der Waals surface area contributed by atoms with Gasteiger partial charge in [-0.2, -0.15) is 0 Å². The second kappa shape index (κ2) is 5.33. The van der Waals surface area contributed by atoms with Gasteiger partial charge in [-0.3, -0.25) is 0 Å². The van der Waals surface area contributed by atoms with Crippen molar-refractivity contribution in [2.45, 2.75) is 31.8 Å². The molecule has 0 spiro atoms. The van der Waals surface area contributed by atoms with Gasteiger partial charge >= 0.3 is 0 Å². The second-order valence-electron chi connectivity index (χ2n) is 4.93. The predicted molar refractivity (Wildman–Crippen MR) is 64.1 cm³/mol. The van der Waals surface area contributed by atoms with Crippen molar-refractivity contribution in [3.05, 3.63) is 35.4 Å². The zero-order chi connectivity index (χ0) is 13.2. The molecule has 1 fully saturated rings. The second-order valence-corrected chi connectivity index (χ2v) is 4.93. The molecule has 18 heavy (non-hydrogen) atoms. The quantitative estimate of drug-likeness (QED) is 0.897. The third-order valence-electron chi connectivity index (χ3n) is 3.55. The van der Waals surface area contributed by atoms with Gasteiger partial charge in [0.1, 0.15) is 11.6 Å². The lowest BCUT2D eigenvalue weighted by Crippen LogP contribution is -2.26. The van der Waals surface area contributed by atoms with Gasteiger partial charge in [-0.25, -0.2) is 8.78 Å². The number of ether oxygens (including phenoxy) is 1. The monoisotopic (exact) mass is 256 g/mol. The molecule has 1 saturated heterocycles. The van der Waals surface area contributed by atoms with Gasteiger partial charge in [0.15, 0.2) is 0 Å². The lowest BCUT2D eigenvalue weighted by atomic mass is 9.83. The lowest BCUT2D eigenvalue weighted by Gasteiger charge is -2.29. The van der Waals surface area contributed by atoms with Crippen LogP contribution >= 0.6 is 0 Å². The normalized spacial score (nSPS) is 27.7. The fraction of sp³-hybridized carbons (Fsp3) is 0.571. The van der Waals surface area contributed by atoms with Crippen LogP contribution in [0.2, 0.25) is 0 Å². The summed E-state index contributed by atoms with van der Waals surface area (Å²) in [5.41, 5.74) is -0.304. The van der Waals surface area contributed by atoms with E-state index in [1.165, 1.54) is 12.1 Å². The van der Waals surface area contributed by atoms with E-state index in [0.29, 0.717) is 25.0 Å². The van der Waals surface area contributed by atoms with Gasteiger partial charge < -0.3 is 9.84 Å². The smallest absolute Gasteiger partial charge is 0.132 e. The first kappa shape index (κ1) is 13.4. The number of benzene rings is 1. The number of hydrogen-bond acceptors (Lipinski definition) is 2. The summed E-state index contributed by atoms with van der Waals surface area (Å²) in [6.07, 6.45) is 2.10. The molecule has 100 valence electrons. The highest BCUT2D eigenvalue weighted by molar-refractivity contribution is 5.26. The van der Waals surface area contributed by atoms with Crippen molar-refractivity contribution in [1.29, 1.82) is 0 Å². The molecule has 0 aliphatic carbocycles. The Hall–Kier alpha value is -1.00. The van der Waals surface area contributed by atoms with Gasteiger partial charge in [0.2, 0.25) is 0 Å². The van der Waals surface area contributed by atoms with Crippen molar-refractivity contribution in [1.82, 2.24) is 0 Å². The first-order chi connectivity index (χ1) is 8.61. The molecule has 1 aliphatic rings. The highest BCUT2D eigenvalue weighted by Gasteiger charge is 2.42. The molecule has 0 radical (unpaired) electrons. The van der Waals surface area contributed by atoms with E-state index in [9.17, 15) is 13.9 Å². The van der Waals surface area contributed by atoms with Crippen LogP contribution in [0.3, 0.4) is 0 Å². The Balaban J connectivity index is 2.35. The van der Waals surface area contributed by atoms with Crippen molar-refractivity contribution in [2.24, 2.45) is 5.92 Å². The van der Waals surface area contributed by atoms with Gasteiger partial charge in [0.25, 0.3) is 0 Å². The van der Waals surface area contributed by atoms with Crippen LogP contribution in [0.4, 0.5) is 8.78 Å². The lowest BCUT2D eigenvalue weighted by molar-refractivity contribution is -0.0117. The Morgan fingerprint density at radius 3 is 2.78 bits per heavy atom. The molecule has 1 aromatic rings. The summed E-state index contributed by atoms with van der Waals surface area (Å²) in [4.78, 5) is 0. The minimum atomic E-state index is -0.708. The zero-order valence-corrected chi connectivity index (χ0v) is 10.5. The Kier molecular flexibility index (Phi) is 3.97. The molecule has 2 rings (SSSR count). The number of aliphatic hydroxyl groups is 1. The molecular formula is C14H18F2O2. The van der Waals surface area contributed by atoms with Gasteiger partial charge in [-0.15, -0.1) is 0 Å². The predicted octanol–water partition coefficient (Wildman–Crippen LogP) is 2.99. The number of aliphatic hydroxyl groups excluding tert-OH is 1. The van der Waals surface area contributed by atoms with E-state index in [4.69, 9.17) is 4.74 Å². The van der Waals surface area contributed by atoms with Crippen LogP contribution in [-0.2, 0) is 10.3 Å². The average molecular weight is 256 g/mol. The summed E-state index contributed by atoms with van der Waals surface area (Å²) in [7, 11) is 0. The number of rotatable bonds is 4. The van der Waals surface area contributed by atoms with Crippen molar-refractivity contribution in [2.75, 3.05) is 13.2 Å². The van der Waals surface area contributed by atoms with E-state index in [2.05, 4.69) is 0 Å². The molecule has 2 unspecified atom stereocenters. The van der Waals surface area contributed by atoms with Crippen LogP contribution in [0, 0.1) is 17.6 Å². The number of halogens is 2. The molecule has 1 heterocycles. The average Bonchev–Trinajstić information content (AvgIpc) is 2.74. The van der Waals surface area contributed by atoms with Crippen LogP contribution < -0.4 is 0 Å². The summed E-state index contributed by atoms with van der Waals surface area (Å²) < 4.78 is 32.7. The molecule has 1 aromatic carbocycles. The summed E-state index contributed by atoms with van der Waals surface area (Å²) in [6.45, 7) is 2.46. The largest absolute Gasteiger partial charge is 0.396 e. The van der Waals surface area contributed by atoms with Crippen LogP contribution in [0.25, 0.3) is 0 Å². The van der Waals surface area contributed by atoms with Crippen LogP contribution in [-0.4, -0.2) is 18.3 Å². The molecule has 0 saturated carbocycles. The molecule has 0 aromatic heterocycles. The van der Waals surface area contributed by atoms with Gasteiger partial charge in [-0.1, -0.05) is 19.4 Å². The molecule has 2 atom stereocenters. The van der Waals surface area contributed by atoms with Crippen molar-refractivity contribution >= 4 is 0 Å². The van der Waals surface area contributed by atoms with Gasteiger partial charge in [0.05, 0.1) is 12.2 Å². The molecule has 1 aliphatic heterocycles. The standard InChI is InChI=1S/C14H18F2O2/c1-2-5-14(7-10(8-17)9-18-14)12-4-3-11(15)6-13(12)16/h3-4,6,10,17H,2,5,7-9H2,1H3. The third-order valence-corrected chi connectivity index (χ3v) is 3.55. The molecular weight excluding hydrogens is 238 g/mol. The van der Waals surface area contributed by atoms with Crippen molar-refractivity contribution in [3.8, 4) is 0 Å². The maximum atomic E-state index is 13.9. The van der Waals surface area contributed by atoms with Crippen molar-refractivity contribution < 1.29 is 18.6 Å². The van der Waals surface area contributed by atoms with Gasteiger partial charge in [0, 0.05) is 24.2 Å². The SMILES string of the molecule is CCCC1(c2ccc(F)cc2F)CC(CO)CO1. The third kappa shape index (κ3) is 2.40. The van der Waals surface area contributed by atoms with Crippen LogP contribution in [0.5, 0.6) is 0 Å². The fourth-order valence-electron chi connectivity index (χ4n) is 2.74. The molecule has 1 N–H and O–H groups in total. The van der Waals surface area contributed by atoms with E-state index in [-0.39, 0.29) is 12.5 Å². The fourth-order valence-corrected chi connectivity index (χ4v) is 2.74. The maximum Gasteiger partial charge on any atom is 0.132 e. The Morgan fingerprint density at radius 2 is 2.22 bits per heavy atom. The maximum absolute atomic E-state index is 13.9. The topological polar surface area (TPSA) is 29.5 Å². The van der Waals surface area contributed by atoms with E-state index in [1.54, 1.807) is 0 Å². The highest BCUT2D eigenvalue weighted by atomic mass is 19.1. The van der Waals surface area contributed by atoms with E-state index >= 15 is 0 Å². The van der Waals surface area contributed by atoms with Crippen LogP contribution in [0.1, 0.15) is 31.7 Å². The van der Waals surface area contributed by atoms with Gasteiger partial charge in [-0.05, 0) is 18.9 Å². The molecule has 0 amide bonds. The molecule has 0 bridgehead atoms. The van der Waals surface area contributed by atoms with Crippen LogP contribution in [0.15, 0.2) is 18.2 Å².